The van der Waals surface area contributed by atoms with Gasteiger partial charge in [-0.15, -0.1) is 10.2 Å². The molecule has 3 heterocycles. The van der Waals surface area contributed by atoms with Crippen LogP contribution in [0.25, 0.3) is 11.5 Å². The number of carbonyl (C=O) groups excluding carboxylic acids is 1. The third-order valence-electron chi connectivity index (χ3n) is 4.48. The number of nitrogens with zero attached hydrogens (tertiary/aromatic N) is 4. The maximum Gasteiger partial charge on any atom is 0.260 e. The lowest BCUT2D eigenvalue weighted by Crippen LogP contribution is -2.16. The Hall–Kier alpha value is -3.29. The highest BCUT2D eigenvalue weighted by Gasteiger charge is 2.18. The van der Waals surface area contributed by atoms with E-state index in [1.807, 2.05) is 10.6 Å². The number of amides is 1. The van der Waals surface area contributed by atoms with Crippen molar-refractivity contribution in [3.63, 3.8) is 0 Å². The monoisotopic (exact) mass is 367 g/mol. The van der Waals surface area contributed by atoms with Crippen molar-refractivity contribution >= 4 is 11.7 Å². The van der Waals surface area contributed by atoms with Gasteiger partial charge in [-0.2, -0.15) is 0 Å². The number of halogens is 1. The molecular formula is C19H18FN5O2. The van der Waals surface area contributed by atoms with E-state index in [0.29, 0.717) is 29.7 Å². The number of hydrogen-bond acceptors (Lipinski definition) is 5. The summed E-state index contributed by atoms with van der Waals surface area (Å²) < 4.78 is 21.4. The van der Waals surface area contributed by atoms with Crippen molar-refractivity contribution in [2.75, 3.05) is 11.9 Å². The zero-order valence-corrected chi connectivity index (χ0v) is 14.7. The van der Waals surface area contributed by atoms with Crippen LogP contribution in [0, 0.1) is 5.82 Å². The van der Waals surface area contributed by atoms with E-state index in [9.17, 15) is 9.18 Å². The molecule has 0 aliphatic carbocycles. The Morgan fingerprint density at radius 2 is 2.19 bits per heavy atom. The minimum atomic E-state index is -0.503. The van der Waals surface area contributed by atoms with E-state index in [-0.39, 0.29) is 11.6 Å². The summed E-state index contributed by atoms with van der Waals surface area (Å²) in [4.78, 5) is 17.1. The largest absolute Gasteiger partial charge is 0.493 e. The Morgan fingerprint density at radius 1 is 1.30 bits per heavy atom. The Balaban J connectivity index is 1.77. The van der Waals surface area contributed by atoms with Crippen LogP contribution < -0.4 is 10.1 Å². The number of benzene rings is 1. The van der Waals surface area contributed by atoms with Gasteiger partial charge in [-0.25, -0.2) is 9.37 Å². The fraction of sp³-hybridized carbons (Fsp3) is 0.263. The Kier molecular flexibility index (Phi) is 4.53. The summed E-state index contributed by atoms with van der Waals surface area (Å²) in [6, 6.07) is 9.31. The fourth-order valence-corrected chi connectivity index (χ4v) is 3.07. The van der Waals surface area contributed by atoms with E-state index in [1.165, 1.54) is 18.2 Å². The molecule has 138 valence electrons. The van der Waals surface area contributed by atoms with Gasteiger partial charge in [0, 0.05) is 6.04 Å². The Morgan fingerprint density at radius 3 is 3.07 bits per heavy atom. The standard InChI is InChI=1S/C19H18FN5O2/c1-12-4-3-9-27-16-8-7-13(20)10-14(16)19(26)23-17-6-2-5-15(22-17)18-24-21-11-25(12)18/h2,5-8,10-12H,3-4,9H2,1H3,(H,22,23,26)/t12-/m0/s1. The number of carbonyl (C=O) groups is 1. The topological polar surface area (TPSA) is 81.9 Å². The van der Waals surface area contributed by atoms with Crippen LogP contribution in [0.4, 0.5) is 10.2 Å². The zero-order chi connectivity index (χ0) is 18.8. The first-order valence-electron chi connectivity index (χ1n) is 8.72. The molecule has 2 bridgehead atoms. The van der Waals surface area contributed by atoms with Crippen LogP contribution in [-0.2, 0) is 0 Å². The van der Waals surface area contributed by atoms with Crippen LogP contribution in [0.5, 0.6) is 5.75 Å². The third-order valence-corrected chi connectivity index (χ3v) is 4.48. The average molecular weight is 367 g/mol. The van der Waals surface area contributed by atoms with Crippen LogP contribution in [0.3, 0.4) is 0 Å². The highest BCUT2D eigenvalue weighted by Crippen LogP contribution is 2.25. The Bertz CT molecular complexity index is 988. The van der Waals surface area contributed by atoms with E-state index in [4.69, 9.17) is 4.74 Å². The minimum Gasteiger partial charge on any atom is -0.493 e. The van der Waals surface area contributed by atoms with Crippen molar-refractivity contribution in [1.82, 2.24) is 19.7 Å². The van der Waals surface area contributed by atoms with Gasteiger partial charge < -0.3 is 14.6 Å². The van der Waals surface area contributed by atoms with Gasteiger partial charge in [0.15, 0.2) is 5.82 Å². The third kappa shape index (κ3) is 3.51. The van der Waals surface area contributed by atoms with Crippen molar-refractivity contribution in [2.45, 2.75) is 25.8 Å². The van der Waals surface area contributed by atoms with E-state index < -0.39 is 11.7 Å². The molecule has 27 heavy (non-hydrogen) atoms. The number of rotatable bonds is 0. The molecule has 7 nitrogen and oxygen atoms in total. The van der Waals surface area contributed by atoms with Gasteiger partial charge in [-0.1, -0.05) is 6.07 Å². The molecule has 1 aliphatic heterocycles. The molecule has 0 unspecified atom stereocenters. The molecule has 0 spiro atoms. The smallest absolute Gasteiger partial charge is 0.260 e. The second-order valence-corrected chi connectivity index (χ2v) is 6.40. The highest BCUT2D eigenvalue weighted by molar-refractivity contribution is 6.05. The molecule has 3 aromatic rings. The maximum absolute atomic E-state index is 13.7. The molecule has 0 fully saturated rings. The molecule has 1 atom stereocenters. The molecule has 2 aromatic heterocycles. The Labute approximate surface area is 155 Å². The normalized spacial score (nSPS) is 17.1. The van der Waals surface area contributed by atoms with Crippen LogP contribution in [0.15, 0.2) is 42.7 Å². The second kappa shape index (κ2) is 7.14. The SMILES string of the molecule is C[C@H]1CCCOc2ccc(F)cc2C(=O)Nc2cccc(n2)-c2nncn21. The molecule has 1 N–H and O–H groups in total. The lowest BCUT2D eigenvalue weighted by atomic mass is 10.1. The maximum atomic E-state index is 13.7. The van der Waals surface area contributed by atoms with Crippen molar-refractivity contribution in [2.24, 2.45) is 0 Å². The van der Waals surface area contributed by atoms with Crippen LogP contribution in [0.2, 0.25) is 0 Å². The molecule has 1 amide bonds. The lowest BCUT2D eigenvalue weighted by molar-refractivity contribution is 0.102. The summed E-state index contributed by atoms with van der Waals surface area (Å²) in [5, 5.41) is 10.9. The van der Waals surface area contributed by atoms with E-state index >= 15 is 0 Å². The summed E-state index contributed by atoms with van der Waals surface area (Å²) >= 11 is 0. The van der Waals surface area contributed by atoms with Gasteiger partial charge >= 0.3 is 0 Å². The quantitative estimate of drug-likeness (QED) is 0.658. The number of fused-ring (bicyclic) bond motifs is 5. The van der Waals surface area contributed by atoms with E-state index in [2.05, 4.69) is 27.4 Å². The average Bonchev–Trinajstić information content (AvgIpc) is 3.15. The minimum absolute atomic E-state index is 0.135. The molecule has 8 heteroatoms. The zero-order valence-electron chi connectivity index (χ0n) is 14.7. The van der Waals surface area contributed by atoms with Crippen molar-refractivity contribution in [3.05, 3.63) is 54.1 Å². The van der Waals surface area contributed by atoms with Gasteiger partial charge in [-0.3, -0.25) is 4.79 Å². The fourth-order valence-electron chi connectivity index (χ4n) is 3.07. The molecule has 0 saturated heterocycles. The number of anilines is 1. The van der Waals surface area contributed by atoms with Crippen LogP contribution in [0.1, 0.15) is 36.2 Å². The van der Waals surface area contributed by atoms with Gasteiger partial charge in [0.05, 0.1) is 12.2 Å². The van der Waals surface area contributed by atoms with Crippen LogP contribution in [-0.4, -0.2) is 32.3 Å². The van der Waals surface area contributed by atoms with E-state index in [1.54, 1.807) is 18.5 Å². The lowest BCUT2D eigenvalue weighted by Gasteiger charge is -2.17. The molecule has 1 aliphatic rings. The highest BCUT2D eigenvalue weighted by atomic mass is 19.1. The van der Waals surface area contributed by atoms with Gasteiger partial charge in [0.25, 0.3) is 5.91 Å². The number of hydrogen-bond donors (Lipinski definition) is 1. The number of ether oxygens (including phenoxy) is 1. The predicted octanol–water partition coefficient (Wildman–Crippen LogP) is 3.47. The van der Waals surface area contributed by atoms with Crippen LogP contribution >= 0.6 is 0 Å². The first-order valence-corrected chi connectivity index (χ1v) is 8.72. The summed E-state index contributed by atoms with van der Waals surface area (Å²) in [6.45, 7) is 2.49. The van der Waals surface area contributed by atoms with Crippen molar-refractivity contribution < 1.29 is 13.9 Å². The van der Waals surface area contributed by atoms with Gasteiger partial charge in [0.1, 0.15) is 29.4 Å². The van der Waals surface area contributed by atoms with Crippen molar-refractivity contribution in [3.8, 4) is 17.3 Å². The van der Waals surface area contributed by atoms with E-state index in [0.717, 1.165) is 12.8 Å². The molecular weight excluding hydrogens is 349 g/mol. The van der Waals surface area contributed by atoms with Gasteiger partial charge in [0.2, 0.25) is 0 Å². The van der Waals surface area contributed by atoms with Gasteiger partial charge in [-0.05, 0) is 50.1 Å². The van der Waals surface area contributed by atoms with Crippen molar-refractivity contribution in [1.29, 1.82) is 0 Å². The molecule has 1 aromatic carbocycles. The number of nitrogens with one attached hydrogen (secondary N) is 1. The molecule has 0 radical (unpaired) electrons. The summed E-state index contributed by atoms with van der Waals surface area (Å²) in [5.41, 5.74) is 0.736. The number of aromatic nitrogens is 4. The summed E-state index contributed by atoms with van der Waals surface area (Å²) in [7, 11) is 0. The summed E-state index contributed by atoms with van der Waals surface area (Å²) in [6.07, 6.45) is 3.26. The first kappa shape index (κ1) is 17.1. The second-order valence-electron chi connectivity index (χ2n) is 6.40. The summed E-state index contributed by atoms with van der Waals surface area (Å²) in [5.74, 6) is 0.327. The number of pyridine rings is 1. The predicted molar refractivity (Wildman–Crippen MR) is 97.0 cm³/mol. The first-order chi connectivity index (χ1) is 13.1. The molecule has 4 rings (SSSR count). The molecule has 0 saturated carbocycles.